The van der Waals surface area contributed by atoms with Gasteiger partial charge in [0.15, 0.2) is 5.78 Å². The predicted molar refractivity (Wildman–Crippen MR) is 90.6 cm³/mol. The summed E-state index contributed by atoms with van der Waals surface area (Å²) in [4.78, 5) is 39.8. The molecule has 0 aromatic carbocycles. The number of nitrogens with two attached hydrogens (primary N) is 1. The van der Waals surface area contributed by atoms with Gasteiger partial charge in [0, 0.05) is 20.3 Å². The fourth-order valence-corrected chi connectivity index (χ4v) is 3.08. The Morgan fingerprint density at radius 1 is 1.31 bits per heavy atom. The summed E-state index contributed by atoms with van der Waals surface area (Å²) in [6.07, 6.45) is -4.00. The number of nitrogen functional groups attached to an aromatic ring is 1. The van der Waals surface area contributed by atoms with Crippen LogP contribution in [-0.4, -0.2) is 25.7 Å². The van der Waals surface area contributed by atoms with Crippen LogP contribution >= 0.6 is 23.4 Å². The summed E-state index contributed by atoms with van der Waals surface area (Å²) < 4.78 is 39.5. The summed E-state index contributed by atoms with van der Waals surface area (Å²) >= 11 is 6.52. The summed E-state index contributed by atoms with van der Waals surface area (Å²) in [7, 11) is 2.50. The summed E-state index contributed by atoms with van der Waals surface area (Å²) in [5.74, 6) is -1.35. The van der Waals surface area contributed by atoms with Crippen molar-refractivity contribution in [2.45, 2.75) is 11.2 Å². The van der Waals surface area contributed by atoms with Crippen molar-refractivity contribution in [1.82, 2.24) is 14.1 Å². The van der Waals surface area contributed by atoms with E-state index >= 15 is 0 Å². The van der Waals surface area contributed by atoms with Gasteiger partial charge in [-0.2, -0.15) is 13.2 Å². The van der Waals surface area contributed by atoms with Crippen LogP contribution in [-0.2, 0) is 20.3 Å². The third-order valence-corrected chi connectivity index (χ3v) is 4.87. The van der Waals surface area contributed by atoms with Crippen molar-refractivity contribution < 1.29 is 18.0 Å². The number of ketones is 1. The molecule has 0 amide bonds. The zero-order chi connectivity index (χ0) is 19.8. The first-order valence-corrected chi connectivity index (χ1v) is 8.25. The monoisotopic (exact) mass is 408 g/mol. The topological polar surface area (TPSA) is 100.0 Å². The minimum Gasteiger partial charge on any atom is -0.384 e. The molecule has 0 aliphatic carbocycles. The summed E-state index contributed by atoms with van der Waals surface area (Å²) in [6, 6.07) is 0.695. The number of rotatable bonds is 4. The van der Waals surface area contributed by atoms with Gasteiger partial charge in [-0.1, -0.05) is 23.4 Å². The van der Waals surface area contributed by atoms with Gasteiger partial charge >= 0.3 is 11.9 Å². The van der Waals surface area contributed by atoms with Gasteiger partial charge in [-0.25, -0.2) is 9.78 Å². The lowest BCUT2D eigenvalue weighted by Gasteiger charge is -2.11. The molecule has 0 spiro atoms. The Hall–Kier alpha value is -2.27. The largest absolute Gasteiger partial charge is 0.417 e. The van der Waals surface area contributed by atoms with Crippen molar-refractivity contribution in [1.29, 1.82) is 0 Å². The van der Waals surface area contributed by atoms with E-state index in [0.29, 0.717) is 12.3 Å². The average Bonchev–Trinajstić information content (AvgIpc) is 2.56. The second-order valence-electron chi connectivity index (χ2n) is 5.19. The Labute approximate surface area is 153 Å². The Kier molecular flexibility index (Phi) is 5.52. The van der Waals surface area contributed by atoms with Gasteiger partial charge in [-0.05, 0) is 6.07 Å². The molecule has 26 heavy (non-hydrogen) atoms. The molecule has 140 valence electrons. The summed E-state index contributed by atoms with van der Waals surface area (Å²) in [6.45, 7) is 0. The maximum absolute atomic E-state index is 12.6. The highest BCUT2D eigenvalue weighted by Gasteiger charge is 2.31. The number of aromatic nitrogens is 3. The maximum Gasteiger partial charge on any atom is 0.417 e. The number of carbonyl (C=O) groups excluding carboxylic acids is 1. The van der Waals surface area contributed by atoms with Crippen molar-refractivity contribution >= 4 is 35.0 Å². The van der Waals surface area contributed by atoms with Gasteiger partial charge in [0.05, 0.1) is 16.3 Å². The molecule has 0 aliphatic rings. The molecule has 0 bridgehead atoms. The molecule has 12 heteroatoms. The summed E-state index contributed by atoms with van der Waals surface area (Å²) in [5, 5.41) is -0.285. The first-order valence-electron chi connectivity index (χ1n) is 6.89. The average molecular weight is 409 g/mol. The zero-order valence-corrected chi connectivity index (χ0v) is 15.0. The SMILES string of the molecule is Cn1c(N)c(C(=O)CSc2ncc(C(F)(F)F)cc2Cl)c(=O)n(C)c1=O. The second kappa shape index (κ2) is 7.16. The van der Waals surface area contributed by atoms with Crippen molar-refractivity contribution in [3.05, 3.63) is 49.3 Å². The van der Waals surface area contributed by atoms with Crippen molar-refractivity contribution in [2.24, 2.45) is 14.1 Å². The van der Waals surface area contributed by atoms with Crippen molar-refractivity contribution in [2.75, 3.05) is 11.5 Å². The van der Waals surface area contributed by atoms with Crippen LogP contribution in [0.5, 0.6) is 0 Å². The molecule has 2 aromatic rings. The highest BCUT2D eigenvalue weighted by Crippen LogP contribution is 2.33. The first-order chi connectivity index (χ1) is 11.9. The number of hydrogen-bond acceptors (Lipinski definition) is 6. The Morgan fingerprint density at radius 2 is 1.92 bits per heavy atom. The van der Waals surface area contributed by atoms with Crippen LogP contribution in [0.2, 0.25) is 5.02 Å². The van der Waals surface area contributed by atoms with Crippen molar-refractivity contribution in [3.63, 3.8) is 0 Å². The molecule has 2 rings (SSSR count). The Morgan fingerprint density at radius 3 is 2.46 bits per heavy atom. The number of halogens is 4. The van der Waals surface area contributed by atoms with Crippen LogP contribution in [0.15, 0.2) is 26.9 Å². The molecule has 0 saturated heterocycles. The number of hydrogen-bond donors (Lipinski definition) is 1. The van der Waals surface area contributed by atoms with E-state index in [4.69, 9.17) is 17.3 Å². The number of pyridine rings is 1. The van der Waals surface area contributed by atoms with Gasteiger partial charge < -0.3 is 5.73 Å². The minimum atomic E-state index is -4.59. The highest BCUT2D eigenvalue weighted by atomic mass is 35.5. The van der Waals surface area contributed by atoms with Gasteiger partial charge in [-0.15, -0.1) is 0 Å². The van der Waals surface area contributed by atoms with E-state index < -0.39 is 28.8 Å². The summed E-state index contributed by atoms with van der Waals surface area (Å²) in [5.41, 5.74) is 2.72. The number of alkyl halides is 3. The van der Waals surface area contributed by atoms with Crippen LogP contribution in [0, 0.1) is 0 Å². The lowest BCUT2D eigenvalue weighted by atomic mass is 10.2. The third-order valence-electron chi connectivity index (χ3n) is 3.46. The highest BCUT2D eigenvalue weighted by molar-refractivity contribution is 8.00. The molecule has 0 unspecified atom stereocenters. The van der Waals surface area contributed by atoms with Crippen LogP contribution in [0.25, 0.3) is 0 Å². The minimum absolute atomic E-state index is 0.00627. The lowest BCUT2D eigenvalue weighted by molar-refractivity contribution is -0.137. The lowest BCUT2D eigenvalue weighted by Crippen LogP contribution is -2.41. The smallest absolute Gasteiger partial charge is 0.384 e. The molecule has 0 atom stereocenters. The van der Waals surface area contributed by atoms with Gasteiger partial charge in [0.25, 0.3) is 5.56 Å². The quantitative estimate of drug-likeness (QED) is 0.610. The number of anilines is 1. The molecule has 2 N–H and O–H groups in total. The molecule has 2 heterocycles. The normalized spacial score (nSPS) is 11.6. The molecule has 7 nitrogen and oxygen atoms in total. The van der Waals surface area contributed by atoms with Gasteiger partial charge in [0.2, 0.25) is 0 Å². The Bertz CT molecular complexity index is 1000. The molecule has 0 fully saturated rings. The predicted octanol–water partition coefficient (Wildman–Crippen LogP) is 1.71. The first kappa shape index (κ1) is 20.0. The van der Waals surface area contributed by atoms with Gasteiger partial charge in [0.1, 0.15) is 16.4 Å². The van der Waals surface area contributed by atoms with E-state index in [9.17, 15) is 27.6 Å². The number of carbonyl (C=O) groups is 1. The fraction of sp³-hybridized carbons (Fsp3) is 0.286. The molecular weight excluding hydrogens is 397 g/mol. The van der Waals surface area contributed by atoms with Crippen molar-refractivity contribution in [3.8, 4) is 0 Å². The molecule has 0 radical (unpaired) electrons. The molecule has 0 aliphatic heterocycles. The fourth-order valence-electron chi connectivity index (χ4n) is 2.01. The second-order valence-corrected chi connectivity index (χ2v) is 6.56. The van der Waals surface area contributed by atoms with Crippen LogP contribution in [0.1, 0.15) is 15.9 Å². The van der Waals surface area contributed by atoms with Gasteiger partial charge in [-0.3, -0.25) is 18.7 Å². The van der Waals surface area contributed by atoms with E-state index in [0.717, 1.165) is 20.9 Å². The molecule has 2 aromatic heterocycles. The van der Waals surface area contributed by atoms with E-state index in [1.165, 1.54) is 14.1 Å². The Balaban J connectivity index is 2.28. The van der Waals surface area contributed by atoms with E-state index in [-0.39, 0.29) is 27.2 Å². The number of thioether (sulfide) groups is 1. The van der Waals surface area contributed by atoms with E-state index in [2.05, 4.69) is 4.98 Å². The van der Waals surface area contributed by atoms with E-state index in [1.807, 2.05) is 0 Å². The third kappa shape index (κ3) is 3.78. The van der Waals surface area contributed by atoms with Crippen LogP contribution in [0.3, 0.4) is 0 Å². The number of Topliss-reactive ketones (excluding diaryl/α,β-unsaturated/α-hetero) is 1. The zero-order valence-electron chi connectivity index (χ0n) is 13.4. The standard InChI is InChI=1S/C14H12ClF3N4O3S/c1-21-10(19)9(12(24)22(2)13(21)25)8(23)5-26-11-7(15)3-6(4-20-11)14(16,17)18/h3-4H,5,19H2,1-2H3. The van der Waals surface area contributed by atoms with Crippen LogP contribution in [0.4, 0.5) is 19.0 Å². The number of nitrogens with zero attached hydrogens (tertiary/aromatic N) is 3. The van der Waals surface area contributed by atoms with E-state index in [1.54, 1.807) is 0 Å². The van der Waals surface area contributed by atoms with Crippen LogP contribution < -0.4 is 17.0 Å². The maximum atomic E-state index is 12.6. The molecule has 0 saturated carbocycles. The molecular formula is C14H12ClF3N4O3S.